The predicted octanol–water partition coefficient (Wildman–Crippen LogP) is 2.19. The highest BCUT2D eigenvalue weighted by Gasteiger charge is 2.21. The van der Waals surface area contributed by atoms with Gasteiger partial charge in [-0.3, -0.25) is 4.79 Å². The van der Waals surface area contributed by atoms with Gasteiger partial charge in [-0.1, -0.05) is 33.1 Å². The highest BCUT2D eigenvalue weighted by atomic mass is 16.5. The molecule has 3 N–H and O–H groups in total. The fourth-order valence-electron chi connectivity index (χ4n) is 2.45. The molecule has 1 rings (SSSR count). The zero-order valence-corrected chi connectivity index (χ0v) is 12.0. The first-order chi connectivity index (χ1) is 8.99. The highest BCUT2D eigenvalue weighted by molar-refractivity contribution is 5.84. The summed E-state index contributed by atoms with van der Waals surface area (Å²) in [6, 6.07) is -0.640. The largest absolute Gasteiger partial charge is 0.449 e. The molecular formula is C14H26N2O3. The molecule has 5 heteroatoms. The van der Waals surface area contributed by atoms with Crippen LogP contribution in [-0.4, -0.2) is 24.6 Å². The second kappa shape index (κ2) is 8.02. The van der Waals surface area contributed by atoms with Crippen LogP contribution in [0.15, 0.2) is 0 Å². The van der Waals surface area contributed by atoms with E-state index in [0.29, 0.717) is 18.9 Å². The zero-order valence-electron chi connectivity index (χ0n) is 12.0. The molecule has 0 aliphatic heterocycles. The standard InChI is InChI=1S/C14H26N2O3/c1-10(2)8-12(13(15)17)16-14(18)19-9-11-6-4-3-5-7-11/h10-12H,3-9H2,1-2H3,(H2,15,17)(H,16,18)/t12-/m0/s1. The number of nitrogens with two attached hydrogens (primary N) is 1. The van der Waals surface area contributed by atoms with Gasteiger partial charge in [-0.25, -0.2) is 4.79 Å². The van der Waals surface area contributed by atoms with E-state index in [-0.39, 0.29) is 5.92 Å². The van der Waals surface area contributed by atoms with Crippen molar-refractivity contribution >= 4 is 12.0 Å². The van der Waals surface area contributed by atoms with Crippen molar-refractivity contribution in [1.29, 1.82) is 0 Å². The Morgan fingerprint density at radius 1 is 1.26 bits per heavy atom. The minimum absolute atomic E-state index is 0.288. The maximum absolute atomic E-state index is 11.6. The van der Waals surface area contributed by atoms with Gasteiger partial charge in [0.25, 0.3) is 0 Å². The van der Waals surface area contributed by atoms with Gasteiger partial charge < -0.3 is 15.8 Å². The van der Waals surface area contributed by atoms with Gasteiger partial charge in [-0.05, 0) is 31.1 Å². The van der Waals surface area contributed by atoms with Crippen LogP contribution in [0, 0.1) is 11.8 Å². The number of carbonyl (C=O) groups is 2. The van der Waals surface area contributed by atoms with Gasteiger partial charge in [0, 0.05) is 0 Å². The summed E-state index contributed by atoms with van der Waals surface area (Å²) in [7, 11) is 0. The summed E-state index contributed by atoms with van der Waals surface area (Å²) in [5.74, 6) is 0.246. The minimum Gasteiger partial charge on any atom is -0.449 e. The van der Waals surface area contributed by atoms with Crippen molar-refractivity contribution in [1.82, 2.24) is 5.32 Å². The molecular weight excluding hydrogens is 244 g/mol. The second-order valence-electron chi connectivity index (χ2n) is 5.83. The molecule has 0 spiro atoms. The van der Waals surface area contributed by atoms with Crippen molar-refractivity contribution in [3.05, 3.63) is 0 Å². The van der Waals surface area contributed by atoms with Crippen LogP contribution in [-0.2, 0) is 9.53 Å². The van der Waals surface area contributed by atoms with E-state index in [1.165, 1.54) is 19.3 Å². The summed E-state index contributed by atoms with van der Waals surface area (Å²) in [6.45, 7) is 4.40. The van der Waals surface area contributed by atoms with Crippen molar-refractivity contribution < 1.29 is 14.3 Å². The Balaban J connectivity index is 2.29. The van der Waals surface area contributed by atoms with E-state index in [4.69, 9.17) is 10.5 Å². The lowest BCUT2D eigenvalue weighted by atomic mass is 9.90. The fraction of sp³-hybridized carbons (Fsp3) is 0.857. The highest BCUT2D eigenvalue weighted by Crippen LogP contribution is 2.23. The fourth-order valence-corrected chi connectivity index (χ4v) is 2.45. The van der Waals surface area contributed by atoms with Crippen LogP contribution in [0.5, 0.6) is 0 Å². The third-order valence-corrected chi connectivity index (χ3v) is 3.52. The molecule has 0 aromatic heterocycles. The average Bonchev–Trinajstić information content (AvgIpc) is 2.36. The van der Waals surface area contributed by atoms with Crippen molar-refractivity contribution in [3.8, 4) is 0 Å². The Morgan fingerprint density at radius 3 is 2.42 bits per heavy atom. The van der Waals surface area contributed by atoms with Crippen LogP contribution in [0.2, 0.25) is 0 Å². The first-order valence-corrected chi connectivity index (χ1v) is 7.21. The third-order valence-electron chi connectivity index (χ3n) is 3.52. The molecule has 0 unspecified atom stereocenters. The molecule has 0 heterocycles. The number of hydrogen-bond donors (Lipinski definition) is 2. The quantitative estimate of drug-likeness (QED) is 0.776. The summed E-state index contributed by atoms with van der Waals surface area (Å²) in [5.41, 5.74) is 5.26. The molecule has 1 fully saturated rings. The van der Waals surface area contributed by atoms with E-state index in [9.17, 15) is 9.59 Å². The Kier molecular flexibility index (Phi) is 6.67. The van der Waals surface area contributed by atoms with E-state index < -0.39 is 18.0 Å². The average molecular weight is 270 g/mol. The van der Waals surface area contributed by atoms with Crippen molar-refractivity contribution in [3.63, 3.8) is 0 Å². The zero-order chi connectivity index (χ0) is 14.3. The second-order valence-corrected chi connectivity index (χ2v) is 5.83. The number of primary amides is 1. The molecule has 0 bridgehead atoms. The minimum atomic E-state index is -0.640. The van der Waals surface area contributed by atoms with Crippen LogP contribution in [0.25, 0.3) is 0 Å². The van der Waals surface area contributed by atoms with Crippen molar-refractivity contribution in [2.24, 2.45) is 17.6 Å². The molecule has 5 nitrogen and oxygen atoms in total. The van der Waals surface area contributed by atoms with Gasteiger partial charge in [0.1, 0.15) is 6.04 Å². The lowest BCUT2D eigenvalue weighted by Gasteiger charge is -2.22. The van der Waals surface area contributed by atoms with Gasteiger partial charge >= 0.3 is 6.09 Å². The molecule has 1 aliphatic carbocycles. The molecule has 19 heavy (non-hydrogen) atoms. The Bertz CT molecular complexity index is 299. The molecule has 110 valence electrons. The lowest BCUT2D eigenvalue weighted by Crippen LogP contribution is -2.45. The smallest absolute Gasteiger partial charge is 0.407 e. The van der Waals surface area contributed by atoms with Gasteiger partial charge in [-0.15, -0.1) is 0 Å². The molecule has 1 aliphatic rings. The van der Waals surface area contributed by atoms with Crippen LogP contribution in [0.1, 0.15) is 52.4 Å². The van der Waals surface area contributed by atoms with E-state index in [1.807, 2.05) is 13.8 Å². The SMILES string of the molecule is CC(C)C[C@H](NC(=O)OCC1CCCCC1)C(N)=O. The number of hydrogen-bond acceptors (Lipinski definition) is 3. The first-order valence-electron chi connectivity index (χ1n) is 7.21. The molecule has 0 aromatic rings. The topological polar surface area (TPSA) is 81.4 Å². The number of ether oxygens (including phenoxy) is 1. The van der Waals surface area contributed by atoms with Crippen LogP contribution in [0.3, 0.4) is 0 Å². The van der Waals surface area contributed by atoms with E-state index in [0.717, 1.165) is 12.8 Å². The Labute approximate surface area is 115 Å². The number of rotatable bonds is 6. The summed E-state index contributed by atoms with van der Waals surface area (Å²) >= 11 is 0. The van der Waals surface area contributed by atoms with Crippen LogP contribution >= 0.6 is 0 Å². The Morgan fingerprint density at radius 2 is 1.89 bits per heavy atom. The van der Waals surface area contributed by atoms with Crippen molar-refractivity contribution in [2.75, 3.05) is 6.61 Å². The van der Waals surface area contributed by atoms with Crippen LogP contribution in [0.4, 0.5) is 4.79 Å². The summed E-state index contributed by atoms with van der Waals surface area (Å²) in [6.07, 6.45) is 5.96. The van der Waals surface area contributed by atoms with E-state index >= 15 is 0 Å². The molecule has 2 amide bonds. The monoisotopic (exact) mass is 270 g/mol. The first kappa shape index (κ1) is 15.8. The molecule has 1 atom stereocenters. The number of nitrogens with one attached hydrogen (secondary N) is 1. The summed E-state index contributed by atoms with van der Waals surface area (Å²) in [4.78, 5) is 22.9. The summed E-state index contributed by atoms with van der Waals surface area (Å²) in [5, 5.41) is 2.55. The lowest BCUT2D eigenvalue weighted by molar-refractivity contribution is -0.120. The van der Waals surface area contributed by atoms with E-state index in [2.05, 4.69) is 5.32 Å². The number of alkyl carbamates (subject to hydrolysis) is 1. The van der Waals surface area contributed by atoms with E-state index in [1.54, 1.807) is 0 Å². The van der Waals surface area contributed by atoms with Gasteiger partial charge in [-0.2, -0.15) is 0 Å². The van der Waals surface area contributed by atoms with Gasteiger partial charge in [0.2, 0.25) is 5.91 Å². The maximum Gasteiger partial charge on any atom is 0.407 e. The van der Waals surface area contributed by atoms with Gasteiger partial charge in [0.05, 0.1) is 6.61 Å². The third kappa shape index (κ3) is 6.45. The van der Waals surface area contributed by atoms with Crippen LogP contribution < -0.4 is 11.1 Å². The van der Waals surface area contributed by atoms with Crippen molar-refractivity contribution in [2.45, 2.75) is 58.4 Å². The summed E-state index contributed by atoms with van der Waals surface area (Å²) < 4.78 is 5.19. The maximum atomic E-state index is 11.6. The number of carbonyl (C=O) groups excluding carboxylic acids is 2. The normalized spacial score (nSPS) is 18.1. The molecule has 1 saturated carbocycles. The molecule has 0 saturated heterocycles. The molecule has 0 radical (unpaired) electrons. The Hall–Kier alpha value is -1.26. The van der Waals surface area contributed by atoms with Gasteiger partial charge in [0.15, 0.2) is 0 Å². The predicted molar refractivity (Wildman–Crippen MR) is 73.5 cm³/mol. The molecule has 0 aromatic carbocycles. The number of amides is 2.